The van der Waals surface area contributed by atoms with E-state index in [1.54, 1.807) is 30.3 Å². The Morgan fingerprint density at radius 2 is 1.20 bits per heavy atom. The molecular weight excluding hydrogens is 556 g/mol. The molecule has 0 radical (unpaired) electrons. The maximum atomic E-state index is 14.9. The number of aryl methyl sites for hydroxylation is 1. The fourth-order valence-corrected chi connectivity index (χ4v) is 4.01. The summed E-state index contributed by atoms with van der Waals surface area (Å²) in [5.41, 5.74) is -0.0743. The Balaban J connectivity index is 1.53. The number of hydrogen-bond donors (Lipinski definition) is 0. The summed E-state index contributed by atoms with van der Waals surface area (Å²) in [6.07, 6.45) is -3.62. The summed E-state index contributed by atoms with van der Waals surface area (Å²) in [5.74, 6) is -7.18. The molecule has 2 nitrogen and oxygen atoms in total. The molecule has 4 aromatic rings. The van der Waals surface area contributed by atoms with E-state index in [2.05, 4.69) is 16.1 Å². The van der Waals surface area contributed by atoms with Gasteiger partial charge in [0.2, 0.25) is 0 Å². The summed E-state index contributed by atoms with van der Waals surface area (Å²) < 4.78 is 121. The van der Waals surface area contributed by atoms with Gasteiger partial charge in [0.05, 0.1) is 0 Å². The predicted molar refractivity (Wildman–Crippen MR) is 138 cm³/mol. The molecule has 212 valence electrons. The third-order valence-electron chi connectivity index (χ3n) is 5.96. The molecule has 0 aliphatic rings. The van der Waals surface area contributed by atoms with Crippen LogP contribution in [-0.2, 0) is 12.5 Å². The van der Waals surface area contributed by atoms with E-state index in [0.717, 1.165) is 66.9 Å². The van der Waals surface area contributed by atoms with Gasteiger partial charge in [-0.25, -0.2) is 17.6 Å². The number of hydrogen-bond acceptors (Lipinski definition) is 2. The van der Waals surface area contributed by atoms with Gasteiger partial charge in [-0.15, -0.1) is 6.58 Å². The molecule has 0 spiro atoms. The minimum absolute atomic E-state index is 0.0564. The van der Waals surface area contributed by atoms with E-state index in [-0.39, 0.29) is 23.0 Å². The zero-order chi connectivity index (χ0) is 29.7. The molecule has 0 saturated carbocycles. The van der Waals surface area contributed by atoms with Crippen LogP contribution in [0, 0.1) is 23.3 Å². The summed E-state index contributed by atoms with van der Waals surface area (Å²) in [6.45, 7) is 3.65. The van der Waals surface area contributed by atoms with Gasteiger partial charge in [-0.05, 0) is 77.1 Å². The molecule has 0 atom stereocenters. The largest absolute Gasteiger partial charge is 0.453 e. The maximum absolute atomic E-state index is 14.9. The fraction of sp³-hybridized carbons (Fsp3) is 0.0968. The van der Waals surface area contributed by atoms with Crippen molar-refractivity contribution in [2.75, 3.05) is 0 Å². The molecule has 0 aliphatic carbocycles. The Hall–Kier alpha value is -4.60. The zero-order valence-electron chi connectivity index (χ0n) is 21.0. The summed E-state index contributed by atoms with van der Waals surface area (Å²) in [4.78, 5) is 0. The van der Waals surface area contributed by atoms with Gasteiger partial charge in [-0.2, -0.15) is 17.6 Å². The molecule has 0 fully saturated rings. The normalized spacial score (nSPS) is 11.2. The van der Waals surface area contributed by atoms with Crippen molar-refractivity contribution >= 4 is 0 Å². The van der Waals surface area contributed by atoms with Crippen LogP contribution in [0.1, 0.15) is 17.5 Å². The minimum Gasteiger partial charge on any atom is -0.453 e. The van der Waals surface area contributed by atoms with Gasteiger partial charge in [0.1, 0.15) is 22.9 Å². The highest BCUT2D eigenvalue weighted by Gasteiger charge is 2.41. The van der Waals surface area contributed by atoms with E-state index in [4.69, 9.17) is 0 Å². The Morgan fingerprint density at radius 3 is 1.68 bits per heavy atom. The van der Waals surface area contributed by atoms with Crippen molar-refractivity contribution in [3.63, 3.8) is 0 Å². The van der Waals surface area contributed by atoms with Gasteiger partial charge in [0.25, 0.3) is 0 Å². The number of ether oxygens (including phenoxy) is 2. The summed E-state index contributed by atoms with van der Waals surface area (Å²) in [6, 6.07) is 14.3. The maximum Gasteiger partial charge on any atom is 0.432 e. The second-order valence-corrected chi connectivity index (χ2v) is 8.78. The molecule has 10 heteroatoms. The Bertz CT molecular complexity index is 1530. The first-order chi connectivity index (χ1) is 19.5. The minimum atomic E-state index is -4.42. The molecule has 0 N–H and O–H groups in total. The lowest BCUT2D eigenvalue weighted by atomic mass is 10.00. The number of allylic oxidation sites excluding steroid dienone is 1. The second-order valence-electron chi connectivity index (χ2n) is 8.78. The zero-order valence-corrected chi connectivity index (χ0v) is 21.0. The smallest absolute Gasteiger partial charge is 0.432 e. The summed E-state index contributed by atoms with van der Waals surface area (Å²) in [7, 11) is 0. The number of halogens is 8. The molecule has 0 saturated heterocycles. The molecule has 0 bridgehead atoms. The first-order valence-electron chi connectivity index (χ1n) is 12.0. The third-order valence-corrected chi connectivity index (χ3v) is 5.96. The van der Waals surface area contributed by atoms with Crippen LogP contribution in [0.4, 0.5) is 35.1 Å². The average Bonchev–Trinajstić information content (AvgIpc) is 2.91. The highest BCUT2D eigenvalue weighted by Crippen LogP contribution is 2.38. The Kier molecular flexibility index (Phi) is 8.80. The van der Waals surface area contributed by atoms with Gasteiger partial charge in [-0.3, -0.25) is 0 Å². The van der Waals surface area contributed by atoms with Crippen LogP contribution >= 0.6 is 0 Å². The predicted octanol–water partition coefficient (Wildman–Crippen LogP) is 9.94. The summed E-state index contributed by atoms with van der Waals surface area (Å²) in [5, 5.41) is 0. The van der Waals surface area contributed by atoms with E-state index in [0.29, 0.717) is 5.56 Å². The quantitative estimate of drug-likeness (QED) is 0.106. The first-order valence-corrected chi connectivity index (χ1v) is 12.0. The van der Waals surface area contributed by atoms with Gasteiger partial charge >= 0.3 is 12.2 Å². The van der Waals surface area contributed by atoms with Crippen LogP contribution in [0.3, 0.4) is 0 Å². The van der Waals surface area contributed by atoms with E-state index in [1.165, 1.54) is 0 Å². The molecule has 0 heterocycles. The molecule has 0 aromatic heterocycles. The molecule has 41 heavy (non-hydrogen) atoms. The Morgan fingerprint density at radius 1 is 0.707 bits per heavy atom. The molecule has 0 aliphatic heterocycles. The molecule has 0 unspecified atom stereocenters. The highest BCUT2D eigenvalue weighted by molar-refractivity contribution is 5.66. The number of rotatable bonds is 10. The SMILES string of the molecule is C=CCCc1ccc(-c2cc(F)c(C(F)(F)Oc3ccc(-c4cc(F)c(OC=C(F)F)c(F)c4)cc3)c(F)c2)cc1. The summed E-state index contributed by atoms with van der Waals surface area (Å²) >= 11 is 0. The van der Waals surface area contributed by atoms with Crippen molar-refractivity contribution in [2.45, 2.75) is 19.0 Å². The van der Waals surface area contributed by atoms with Crippen molar-refractivity contribution < 1.29 is 44.6 Å². The van der Waals surface area contributed by atoms with Crippen LogP contribution in [0.25, 0.3) is 22.3 Å². The van der Waals surface area contributed by atoms with Gasteiger partial charge in [-0.1, -0.05) is 42.5 Å². The molecular formula is C31H20F8O2. The monoisotopic (exact) mass is 576 g/mol. The topological polar surface area (TPSA) is 18.5 Å². The highest BCUT2D eigenvalue weighted by atomic mass is 19.3. The lowest BCUT2D eigenvalue weighted by Crippen LogP contribution is -2.25. The van der Waals surface area contributed by atoms with Crippen LogP contribution in [-0.4, -0.2) is 0 Å². The number of benzene rings is 4. The van der Waals surface area contributed by atoms with Crippen molar-refractivity contribution in [1.82, 2.24) is 0 Å². The van der Waals surface area contributed by atoms with Crippen molar-refractivity contribution in [3.05, 3.63) is 132 Å². The van der Waals surface area contributed by atoms with Gasteiger partial charge in [0, 0.05) is 0 Å². The second kappa shape index (κ2) is 12.3. The third kappa shape index (κ3) is 6.95. The fourth-order valence-electron chi connectivity index (χ4n) is 4.01. The van der Waals surface area contributed by atoms with E-state index in [1.807, 2.05) is 0 Å². The van der Waals surface area contributed by atoms with Crippen LogP contribution in [0.5, 0.6) is 11.5 Å². The van der Waals surface area contributed by atoms with E-state index < -0.39 is 52.5 Å². The van der Waals surface area contributed by atoms with Gasteiger partial charge in [0.15, 0.2) is 23.6 Å². The van der Waals surface area contributed by atoms with Crippen LogP contribution in [0.2, 0.25) is 0 Å². The molecule has 0 amide bonds. The van der Waals surface area contributed by atoms with Gasteiger partial charge < -0.3 is 9.47 Å². The van der Waals surface area contributed by atoms with Crippen molar-refractivity contribution in [3.8, 4) is 33.8 Å². The molecule has 4 rings (SSSR count). The lowest BCUT2D eigenvalue weighted by Gasteiger charge is -2.20. The van der Waals surface area contributed by atoms with Crippen molar-refractivity contribution in [2.24, 2.45) is 0 Å². The standard InChI is InChI=1S/C31H20F8O2/c1-2-3-4-18-5-7-19(8-6-18)21-13-24(32)29(25(33)14-21)31(38,39)41-23-11-9-20(10-12-23)22-15-26(34)30(27(35)16-22)40-17-28(36)37/h2,5-17H,1,3-4H2. The lowest BCUT2D eigenvalue weighted by molar-refractivity contribution is -0.189. The van der Waals surface area contributed by atoms with Crippen LogP contribution in [0.15, 0.2) is 97.8 Å². The van der Waals surface area contributed by atoms with Crippen LogP contribution < -0.4 is 9.47 Å². The van der Waals surface area contributed by atoms with E-state index >= 15 is 0 Å². The number of alkyl halides is 2. The van der Waals surface area contributed by atoms with E-state index in [9.17, 15) is 35.1 Å². The molecule has 4 aromatic carbocycles. The first kappa shape index (κ1) is 29.4. The Labute approximate surface area is 229 Å². The average molecular weight is 576 g/mol. The van der Waals surface area contributed by atoms with Crippen molar-refractivity contribution in [1.29, 1.82) is 0 Å².